The van der Waals surface area contributed by atoms with Crippen LogP contribution >= 0.6 is 11.3 Å². The molecule has 0 radical (unpaired) electrons. The van der Waals surface area contributed by atoms with Crippen molar-refractivity contribution in [1.82, 2.24) is 14.5 Å². The van der Waals surface area contributed by atoms with Crippen molar-refractivity contribution in [2.75, 3.05) is 0 Å². The Morgan fingerprint density at radius 3 is 3.00 bits per heavy atom. The average Bonchev–Trinajstić information content (AvgIpc) is 2.70. The van der Waals surface area contributed by atoms with E-state index in [9.17, 15) is 9.90 Å². The first-order chi connectivity index (χ1) is 9.06. The van der Waals surface area contributed by atoms with Crippen molar-refractivity contribution in [2.45, 2.75) is 26.5 Å². The summed E-state index contributed by atoms with van der Waals surface area (Å²) in [5.41, 5.74) is 1.49. The first-order valence-electron chi connectivity index (χ1n) is 5.99. The minimum atomic E-state index is -0.577. The Labute approximate surface area is 113 Å². The van der Waals surface area contributed by atoms with Gasteiger partial charge in [-0.1, -0.05) is 0 Å². The Kier molecular flexibility index (Phi) is 2.83. The summed E-state index contributed by atoms with van der Waals surface area (Å²) in [4.78, 5) is 21.9. The fourth-order valence-electron chi connectivity index (χ4n) is 2.06. The lowest BCUT2D eigenvalue weighted by Crippen LogP contribution is -2.24. The van der Waals surface area contributed by atoms with Gasteiger partial charge in [-0.15, -0.1) is 11.3 Å². The van der Waals surface area contributed by atoms with E-state index in [1.54, 1.807) is 6.92 Å². The monoisotopic (exact) mass is 275 g/mol. The number of pyridine rings is 1. The van der Waals surface area contributed by atoms with Crippen molar-refractivity contribution in [3.63, 3.8) is 0 Å². The number of aliphatic hydroxyl groups excluding tert-OH is 1. The lowest BCUT2D eigenvalue weighted by Gasteiger charge is -2.06. The zero-order valence-corrected chi connectivity index (χ0v) is 11.4. The SMILES string of the molecule is Cc1ccc2c(n1)sc1c(=O)n(C[C@@H](C)O)cnc12. The van der Waals surface area contributed by atoms with Crippen LogP contribution in [0.1, 0.15) is 12.6 Å². The van der Waals surface area contributed by atoms with Crippen LogP contribution < -0.4 is 5.56 Å². The molecule has 0 aliphatic carbocycles. The normalized spacial score (nSPS) is 13.2. The summed E-state index contributed by atoms with van der Waals surface area (Å²) in [6, 6.07) is 3.86. The minimum absolute atomic E-state index is 0.119. The van der Waals surface area contributed by atoms with Crippen LogP contribution in [0.2, 0.25) is 0 Å². The van der Waals surface area contributed by atoms with Gasteiger partial charge >= 0.3 is 0 Å². The Morgan fingerprint density at radius 2 is 2.26 bits per heavy atom. The first kappa shape index (κ1) is 12.3. The maximum atomic E-state index is 12.3. The molecule has 3 aromatic heterocycles. The molecule has 0 aromatic carbocycles. The fraction of sp³-hybridized carbons (Fsp3) is 0.308. The maximum absolute atomic E-state index is 12.3. The number of thiophene rings is 1. The van der Waals surface area contributed by atoms with E-state index in [-0.39, 0.29) is 12.1 Å². The zero-order valence-electron chi connectivity index (χ0n) is 10.6. The third kappa shape index (κ3) is 2.02. The molecular formula is C13H13N3O2S. The molecule has 0 fully saturated rings. The summed E-state index contributed by atoms with van der Waals surface area (Å²) >= 11 is 1.36. The van der Waals surface area contributed by atoms with Crippen LogP contribution in [0.3, 0.4) is 0 Å². The highest BCUT2D eigenvalue weighted by atomic mass is 32.1. The van der Waals surface area contributed by atoms with Gasteiger partial charge in [-0.3, -0.25) is 9.36 Å². The molecule has 3 heterocycles. The molecule has 1 atom stereocenters. The number of rotatable bonds is 2. The van der Waals surface area contributed by atoms with Crippen molar-refractivity contribution in [3.05, 3.63) is 34.5 Å². The minimum Gasteiger partial charge on any atom is -0.392 e. The van der Waals surface area contributed by atoms with Crippen LogP contribution in [0, 0.1) is 6.92 Å². The van der Waals surface area contributed by atoms with Gasteiger partial charge in [0, 0.05) is 11.1 Å². The lowest BCUT2D eigenvalue weighted by atomic mass is 10.3. The van der Waals surface area contributed by atoms with Crippen molar-refractivity contribution >= 4 is 31.8 Å². The van der Waals surface area contributed by atoms with Gasteiger partial charge in [0.25, 0.3) is 5.56 Å². The van der Waals surface area contributed by atoms with Crippen LogP contribution in [0.15, 0.2) is 23.3 Å². The topological polar surface area (TPSA) is 68.0 Å². The second kappa shape index (κ2) is 4.40. The number of hydrogen-bond acceptors (Lipinski definition) is 5. The van der Waals surface area contributed by atoms with Gasteiger partial charge in [0.1, 0.15) is 9.53 Å². The summed E-state index contributed by atoms with van der Waals surface area (Å²) in [5, 5.41) is 10.3. The third-order valence-corrected chi connectivity index (χ3v) is 3.99. The molecular weight excluding hydrogens is 262 g/mol. The highest BCUT2D eigenvalue weighted by Crippen LogP contribution is 2.28. The van der Waals surface area contributed by atoms with Gasteiger partial charge in [0.2, 0.25) is 0 Å². The Morgan fingerprint density at radius 1 is 1.47 bits per heavy atom. The Hall–Kier alpha value is -1.79. The predicted molar refractivity (Wildman–Crippen MR) is 75.6 cm³/mol. The summed E-state index contributed by atoms with van der Waals surface area (Å²) < 4.78 is 2.03. The highest BCUT2D eigenvalue weighted by Gasteiger charge is 2.13. The number of aryl methyl sites for hydroxylation is 1. The molecule has 0 spiro atoms. The van der Waals surface area contributed by atoms with E-state index < -0.39 is 6.10 Å². The molecule has 98 valence electrons. The van der Waals surface area contributed by atoms with Crippen molar-refractivity contribution < 1.29 is 5.11 Å². The van der Waals surface area contributed by atoms with Crippen molar-refractivity contribution in [3.8, 4) is 0 Å². The molecule has 1 N–H and O–H groups in total. The van der Waals surface area contributed by atoms with E-state index in [0.29, 0.717) is 10.2 Å². The highest BCUT2D eigenvalue weighted by molar-refractivity contribution is 7.25. The van der Waals surface area contributed by atoms with Crippen molar-refractivity contribution in [2.24, 2.45) is 0 Å². The van der Waals surface area contributed by atoms with E-state index in [2.05, 4.69) is 9.97 Å². The molecule has 0 bridgehead atoms. The van der Waals surface area contributed by atoms with Gasteiger partial charge in [-0.25, -0.2) is 9.97 Å². The van der Waals surface area contributed by atoms with Gasteiger partial charge in [0.15, 0.2) is 0 Å². The molecule has 0 amide bonds. The standard InChI is InChI=1S/C13H13N3O2S/c1-7-3-4-9-10-11(19-12(9)15-7)13(18)16(6-14-10)5-8(2)17/h3-4,6,8,17H,5H2,1-2H3/t8-/m1/s1. The number of aliphatic hydroxyl groups is 1. The van der Waals surface area contributed by atoms with Gasteiger partial charge < -0.3 is 5.11 Å². The summed E-state index contributed by atoms with van der Waals surface area (Å²) in [5.74, 6) is 0. The molecule has 3 rings (SSSR count). The number of hydrogen-bond donors (Lipinski definition) is 1. The third-order valence-electron chi connectivity index (χ3n) is 2.91. The summed E-state index contributed by atoms with van der Waals surface area (Å²) in [6.07, 6.45) is 0.912. The maximum Gasteiger partial charge on any atom is 0.271 e. The molecule has 0 saturated carbocycles. The summed E-state index contributed by atoms with van der Waals surface area (Å²) in [6.45, 7) is 3.82. The zero-order chi connectivity index (χ0) is 13.6. The van der Waals surface area contributed by atoms with E-state index >= 15 is 0 Å². The van der Waals surface area contributed by atoms with Gasteiger partial charge in [-0.05, 0) is 26.0 Å². The Balaban J connectivity index is 2.32. The molecule has 5 nitrogen and oxygen atoms in total. The molecule has 6 heteroatoms. The van der Waals surface area contributed by atoms with Crippen LogP contribution in [0.5, 0.6) is 0 Å². The molecule has 0 aliphatic heterocycles. The van der Waals surface area contributed by atoms with E-state index in [1.165, 1.54) is 22.2 Å². The fourth-order valence-corrected chi connectivity index (χ4v) is 3.18. The molecule has 3 aromatic rings. The molecule has 0 saturated heterocycles. The van der Waals surface area contributed by atoms with Gasteiger partial charge in [-0.2, -0.15) is 0 Å². The Bertz CT molecular complexity index is 820. The first-order valence-corrected chi connectivity index (χ1v) is 6.81. The second-order valence-electron chi connectivity index (χ2n) is 4.64. The lowest BCUT2D eigenvalue weighted by molar-refractivity contribution is 0.172. The smallest absolute Gasteiger partial charge is 0.271 e. The van der Waals surface area contributed by atoms with Crippen LogP contribution in [0.25, 0.3) is 20.4 Å². The quantitative estimate of drug-likeness (QED) is 0.773. The predicted octanol–water partition coefficient (Wildman–Crippen LogP) is 1.70. The largest absolute Gasteiger partial charge is 0.392 e. The van der Waals surface area contributed by atoms with E-state index in [4.69, 9.17) is 0 Å². The van der Waals surface area contributed by atoms with Crippen molar-refractivity contribution in [1.29, 1.82) is 0 Å². The molecule has 0 aliphatic rings. The van der Waals surface area contributed by atoms with E-state index in [0.717, 1.165) is 15.9 Å². The van der Waals surface area contributed by atoms with Crippen LogP contribution in [-0.4, -0.2) is 25.7 Å². The van der Waals surface area contributed by atoms with Gasteiger partial charge in [0.05, 0.1) is 24.5 Å². The molecule has 0 unspecified atom stereocenters. The van der Waals surface area contributed by atoms with Crippen LogP contribution in [0.4, 0.5) is 0 Å². The average molecular weight is 275 g/mol. The van der Waals surface area contributed by atoms with E-state index in [1.807, 2.05) is 19.1 Å². The second-order valence-corrected chi connectivity index (χ2v) is 5.64. The van der Waals surface area contributed by atoms with Crippen LogP contribution in [-0.2, 0) is 6.54 Å². The number of fused-ring (bicyclic) bond motifs is 3. The number of nitrogens with zero attached hydrogens (tertiary/aromatic N) is 3. The summed E-state index contributed by atoms with van der Waals surface area (Å²) in [7, 11) is 0. The number of aromatic nitrogens is 3. The molecule has 19 heavy (non-hydrogen) atoms.